The number of benzene rings is 1. The van der Waals surface area contributed by atoms with Gasteiger partial charge in [-0.15, -0.1) is 11.6 Å². The lowest BCUT2D eigenvalue weighted by atomic mass is 10.3. The van der Waals surface area contributed by atoms with Crippen molar-refractivity contribution in [1.82, 2.24) is 10.3 Å². The standard InChI is InChI=1S/C11H8Cl4N2O2S/c12-5-8(18)17-9(11(13,14)15)19-10-16-6-3-1-2-4-7(6)20-10/h1-4,9H,5H2,(H,17,18). The second-order valence-corrected chi connectivity index (χ2v) is 7.32. The van der Waals surface area contributed by atoms with Crippen LogP contribution in [0, 0.1) is 0 Å². The molecular weight excluding hydrogens is 366 g/mol. The van der Waals surface area contributed by atoms with Crippen LogP contribution in [0.5, 0.6) is 5.19 Å². The summed E-state index contributed by atoms with van der Waals surface area (Å²) in [5.74, 6) is -0.774. The third-order valence-electron chi connectivity index (χ3n) is 2.20. The number of hydrogen-bond donors (Lipinski definition) is 1. The van der Waals surface area contributed by atoms with Gasteiger partial charge in [0, 0.05) is 0 Å². The molecule has 0 aliphatic rings. The lowest BCUT2D eigenvalue weighted by Crippen LogP contribution is -2.48. The summed E-state index contributed by atoms with van der Waals surface area (Å²) in [6, 6.07) is 7.46. The number of rotatable bonds is 4. The lowest BCUT2D eigenvalue weighted by molar-refractivity contribution is -0.121. The highest BCUT2D eigenvalue weighted by Gasteiger charge is 2.36. The average Bonchev–Trinajstić information content (AvgIpc) is 2.79. The van der Waals surface area contributed by atoms with E-state index in [1.807, 2.05) is 24.3 Å². The second-order valence-electron chi connectivity index (χ2n) is 3.69. The molecule has 0 spiro atoms. The summed E-state index contributed by atoms with van der Waals surface area (Å²) >= 11 is 24.0. The Kier molecular flexibility index (Phi) is 5.20. The Morgan fingerprint density at radius 2 is 2.10 bits per heavy atom. The molecule has 0 aliphatic heterocycles. The number of nitrogens with zero attached hydrogens (tertiary/aromatic N) is 1. The minimum Gasteiger partial charge on any atom is -0.441 e. The molecule has 0 saturated heterocycles. The highest BCUT2D eigenvalue weighted by molar-refractivity contribution is 7.20. The molecule has 2 aromatic rings. The number of ether oxygens (including phenoxy) is 1. The average molecular weight is 374 g/mol. The number of hydrogen-bond acceptors (Lipinski definition) is 4. The van der Waals surface area contributed by atoms with Gasteiger partial charge in [0.1, 0.15) is 5.88 Å². The van der Waals surface area contributed by atoms with E-state index >= 15 is 0 Å². The predicted octanol–water partition coefficient (Wildman–Crippen LogP) is 3.73. The summed E-state index contributed by atoms with van der Waals surface area (Å²) in [5.41, 5.74) is 0.763. The van der Waals surface area contributed by atoms with Gasteiger partial charge in [0.05, 0.1) is 10.2 Å². The van der Waals surface area contributed by atoms with E-state index in [1.54, 1.807) is 0 Å². The molecule has 1 aromatic carbocycles. The van der Waals surface area contributed by atoms with Crippen LogP contribution < -0.4 is 10.1 Å². The van der Waals surface area contributed by atoms with E-state index < -0.39 is 15.9 Å². The lowest BCUT2D eigenvalue weighted by Gasteiger charge is -2.24. The van der Waals surface area contributed by atoms with Gasteiger partial charge in [-0.1, -0.05) is 58.3 Å². The molecule has 108 valence electrons. The van der Waals surface area contributed by atoms with Crippen molar-refractivity contribution in [3.05, 3.63) is 24.3 Å². The largest absolute Gasteiger partial charge is 0.441 e. The van der Waals surface area contributed by atoms with Crippen molar-refractivity contribution < 1.29 is 9.53 Å². The van der Waals surface area contributed by atoms with Gasteiger partial charge in [-0.3, -0.25) is 4.79 Å². The Hall–Kier alpha value is -0.460. The summed E-state index contributed by atoms with van der Waals surface area (Å²) in [7, 11) is 0. The molecule has 4 nitrogen and oxygen atoms in total. The van der Waals surface area contributed by atoms with Gasteiger partial charge in [-0.05, 0) is 12.1 Å². The van der Waals surface area contributed by atoms with E-state index in [-0.39, 0.29) is 11.1 Å². The number of thiazole rings is 1. The number of halogens is 4. The van der Waals surface area contributed by atoms with Gasteiger partial charge in [-0.25, -0.2) is 4.98 Å². The maximum absolute atomic E-state index is 11.3. The van der Waals surface area contributed by atoms with Crippen molar-refractivity contribution in [2.45, 2.75) is 10.0 Å². The van der Waals surface area contributed by atoms with Crippen LogP contribution in [-0.4, -0.2) is 26.8 Å². The molecular formula is C11H8Cl4N2O2S. The number of fused-ring (bicyclic) bond motifs is 1. The SMILES string of the molecule is O=C(CCl)NC(Oc1nc2ccccc2s1)C(Cl)(Cl)Cl. The van der Waals surface area contributed by atoms with Crippen LogP contribution in [0.4, 0.5) is 0 Å². The van der Waals surface area contributed by atoms with Crippen molar-refractivity contribution >= 4 is 73.9 Å². The first-order valence-corrected chi connectivity index (χ1v) is 7.83. The van der Waals surface area contributed by atoms with Crippen LogP contribution in [-0.2, 0) is 4.79 Å². The highest BCUT2D eigenvalue weighted by atomic mass is 35.6. The van der Waals surface area contributed by atoms with Crippen LogP contribution >= 0.6 is 57.7 Å². The Bertz CT molecular complexity index is 581. The summed E-state index contributed by atoms with van der Waals surface area (Å²) in [6.07, 6.45) is -1.18. The Morgan fingerprint density at radius 3 is 2.70 bits per heavy atom. The third kappa shape index (κ3) is 4.02. The number of aromatic nitrogens is 1. The van der Waals surface area contributed by atoms with Crippen LogP contribution in [0.3, 0.4) is 0 Å². The van der Waals surface area contributed by atoms with Crippen molar-refractivity contribution in [3.8, 4) is 5.19 Å². The van der Waals surface area contributed by atoms with Gasteiger partial charge in [0.2, 0.25) is 15.9 Å². The smallest absolute Gasteiger partial charge is 0.276 e. The zero-order valence-electron chi connectivity index (χ0n) is 9.78. The van der Waals surface area contributed by atoms with Crippen LogP contribution in [0.1, 0.15) is 0 Å². The number of amides is 1. The second kappa shape index (κ2) is 6.54. The molecule has 2 rings (SSSR count). The molecule has 1 amide bonds. The normalized spacial score (nSPS) is 13.2. The number of para-hydroxylation sites is 1. The van der Waals surface area contributed by atoms with E-state index in [9.17, 15) is 4.79 Å². The first-order valence-electron chi connectivity index (χ1n) is 5.34. The van der Waals surface area contributed by atoms with Gasteiger partial charge < -0.3 is 10.1 Å². The number of carbonyl (C=O) groups excluding carboxylic acids is 1. The van der Waals surface area contributed by atoms with E-state index in [0.717, 1.165) is 10.2 Å². The highest BCUT2D eigenvalue weighted by Crippen LogP contribution is 2.34. The Morgan fingerprint density at radius 1 is 1.40 bits per heavy atom. The Balaban J connectivity index is 2.20. The van der Waals surface area contributed by atoms with E-state index in [0.29, 0.717) is 0 Å². The van der Waals surface area contributed by atoms with Crippen molar-refractivity contribution in [2.75, 3.05) is 5.88 Å². The molecule has 1 unspecified atom stereocenters. The summed E-state index contributed by atoms with van der Waals surface area (Å²) in [6.45, 7) is 0. The Labute approximate surface area is 138 Å². The monoisotopic (exact) mass is 372 g/mol. The number of nitrogens with one attached hydrogen (secondary N) is 1. The number of alkyl halides is 4. The molecule has 0 aliphatic carbocycles. The predicted molar refractivity (Wildman–Crippen MR) is 83.2 cm³/mol. The fraction of sp³-hybridized carbons (Fsp3) is 0.273. The van der Waals surface area contributed by atoms with Crippen LogP contribution in [0.15, 0.2) is 24.3 Å². The molecule has 0 bridgehead atoms. The van der Waals surface area contributed by atoms with E-state index in [4.69, 9.17) is 51.1 Å². The van der Waals surface area contributed by atoms with E-state index in [1.165, 1.54) is 11.3 Å². The molecule has 20 heavy (non-hydrogen) atoms. The van der Waals surface area contributed by atoms with Gasteiger partial charge >= 0.3 is 0 Å². The molecule has 1 atom stereocenters. The molecule has 0 radical (unpaired) electrons. The summed E-state index contributed by atoms with van der Waals surface area (Å²) in [4.78, 5) is 15.6. The fourth-order valence-corrected chi connectivity index (χ4v) is 2.58. The zero-order chi connectivity index (χ0) is 14.8. The maximum atomic E-state index is 11.3. The topological polar surface area (TPSA) is 51.2 Å². The van der Waals surface area contributed by atoms with Crippen molar-refractivity contribution in [2.24, 2.45) is 0 Å². The zero-order valence-corrected chi connectivity index (χ0v) is 13.6. The van der Waals surface area contributed by atoms with Crippen molar-refractivity contribution in [3.63, 3.8) is 0 Å². The van der Waals surface area contributed by atoms with Gasteiger partial charge in [0.25, 0.3) is 5.19 Å². The molecule has 1 heterocycles. The summed E-state index contributed by atoms with van der Waals surface area (Å²) < 4.78 is 4.53. The molecule has 1 aromatic heterocycles. The minimum atomic E-state index is -1.85. The van der Waals surface area contributed by atoms with Gasteiger partial charge in [-0.2, -0.15) is 0 Å². The van der Waals surface area contributed by atoms with Crippen LogP contribution in [0.25, 0.3) is 10.2 Å². The maximum Gasteiger partial charge on any atom is 0.276 e. The quantitative estimate of drug-likeness (QED) is 0.656. The molecule has 1 N–H and O–H groups in total. The minimum absolute atomic E-state index is 0.263. The van der Waals surface area contributed by atoms with Crippen molar-refractivity contribution in [1.29, 1.82) is 0 Å². The number of carbonyl (C=O) groups is 1. The molecule has 0 fully saturated rings. The summed E-state index contributed by atoms with van der Waals surface area (Å²) in [5, 5.41) is 2.67. The first-order chi connectivity index (χ1) is 9.40. The van der Waals surface area contributed by atoms with Crippen LogP contribution in [0.2, 0.25) is 0 Å². The van der Waals surface area contributed by atoms with Gasteiger partial charge in [0.15, 0.2) is 0 Å². The first kappa shape index (κ1) is 15.9. The third-order valence-corrected chi connectivity index (χ3v) is 3.97. The molecule has 9 heteroatoms. The molecule has 0 saturated carbocycles. The fourth-order valence-electron chi connectivity index (χ4n) is 1.37. The van der Waals surface area contributed by atoms with E-state index in [2.05, 4.69) is 10.3 Å².